The molecule has 1 aliphatic carbocycles. The number of likely N-dealkylation sites (tertiary alicyclic amines) is 1. The minimum atomic E-state index is -0.317. The fourth-order valence-corrected chi connectivity index (χ4v) is 3.88. The van der Waals surface area contributed by atoms with Crippen LogP contribution < -0.4 is 5.32 Å². The van der Waals surface area contributed by atoms with Crippen molar-refractivity contribution in [3.8, 4) is 0 Å². The second kappa shape index (κ2) is 8.32. The van der Waals surface area contributed by atoms with E-state index in [1.165, 1.54) is 19.3 Å². The van der Waals surface area contributed by atoms with Gasteiger partial charge in [0.15, 0.2) is 0 Å². The molecule has 1 N–H and O–H groups in total. The van der Waals surface area contributed by atoms with Crippen molar-refractivity contribution in [2.24, 2.45) is 0 Å². The monoisotopic (exact) mass is 328 g/mol. The molecule has 24 heavy (non-hydrogen) atoms. The molecule has 1 aromatic rings. The van der Waals surface area contributed by atoms with Crippen LogP contribution >= 0.6 is 0 Å². The molecule has 0 bridgehead atoms. The van der Waals surface area contributed by atoms with Crippen LogP contribution in [0.25, 0.3) is 0 Å². The van der Waals surface area contributed by atoms with Crippen molar-refractivity contribution in [1.82, 2.24) is 10.2 Å². The third-order valence-electron chi connectivity index (χ3n) is 5.26. The number of amides is 2. The molecule has 4 heteroatoms. The van der Waals surface area contributed by atoms with E-state index < -0.39 is 0 Å². The maximum Gasteiger partial charge on any atom is 0.243 e. The molecule has 0 aromatic heterocycles. The summed E-state index contributed by atoms with van der Waals surface area (Å²) in [6.45, 7) is 0.530. The summed E-state index contributed by atoms with van der Waals surface area (Å²) in [5.41, 5.74) is 1.09. The zero-order valence-corrected chi connectivity index (χ0v) is 14.4. The second-order valence-electron chi connectivity index (χ2n) is 7.11. The van der Waals surface area contributed by atoms with Crippen LogP contribution in [-0.4, -0.2) is 28.8 Å². The van der Waals surface area contributed by atoms with Crippen LogP contribution in [0, 0.1) is 0 Å². The van der Waals surface area contributed by atoms with Crippen LogP contribution in [0.4, 0.5) is 0 Å². The van der Waals surface area contributed by atoms with Gasteiger partial charge in [-0.05, 0) is 31.2 Å². The summed E-state index contributed by atoms with van der Waals surface area (Å²) in [7, 11) is 0. The highest BCUT2D eigenvalue weighted by molar-refractivity contribution is 5.88. The quantitative estimate of drug-likeness (QED) is 0.921. The van der Waals surface area contributed by atoms with Crippen LogP contribution in [0.5, 0.6) is 0 Å². The largest absolute Gasteiger partial charge is 0.352 e. The maximum atomic E-state index is 12.9. The Morgan fingerprint density at radius 1 is 1.00 bits per heavy atom. The number of benzene rings is 1. The van der Waals surface area contributed by atoms with Gasteiger partial charge >= 0.3 is 0 Å². The molecular weight excluding hydrogens is 300 g/mol. The third-order valence-corrected chi connectivity index (χ3v) is 5.26. The Bertz CT molecular complexity index is 552. The van der Waals surface area contributed by atoms with Crippen molar-refractivity contribution in [3.05, 3.63) is 35.9 Å². The van der Waals surface area contributed by atoms with Gasteiger partial charge in [0, 0.05) is 19.0 Å². The fourth-order valence-electron chi connectivity index (χ4n) is 3.88. The van der Waals surface area contributed by atoms with Gasteiger partial charge in [0.1, 0.15) is 6.04 Å². The van der Waals surface area contributed by atoms with Gasteiger partial charge in [-0.2, -0.15) is 0 Å². The molecule has 0 radical (unpaired) electrons. The zero-order chi connectivity index (χ0) is 16.8. The van der Waals surface area contributed by atoms with E-state index in [9.17, 15) is 9.59 Å². The van der Waals surface area contributed by atoms with Crippen molar-refractivity contribution < 1.29 is 9.59 Å². The van der Waals surface area contributed by atoms with Crippen molar-refractivity contribution in [2.75, 3.05) is 0 Å². The Balaban J connectivity index is 1.71. The molecule has 130 valence electrons. The number of nitrogens with zero attached hydrogens (tertiary/aromatic N) is 1. The van der Waals surface area contributed by atoms with E-state index in [0.717, 1.165) is 37.7 Å². The molecule has 2 aliphatic rings. The van der Waals surface area contributed by atoms with E-state index in [1.54, 1.807) is 4.90 Å². The molecule has 1 unspecified atom stereocenters. The highest BCUT2D eigenvalue weighted by atomic mass is 16.2. The average molecular weight is 328 g/mol. The van der Waals surface area contributed by atoms with Crippen LogP contribution in [0.2, 0.25) is 0 Å². The van der Waals surface area contributed by atoms with Gasteiger partial charge < -0.3 is 10.2 Å². The molecule has 0 spiro atoms. The first-order valence-corrected chi connectivity index (χ1v) is 9.38. The Morgan fingerprint density at radius 3 is 2.46 bits per heavy atom. The SMILES string of the molecule is O=C(NC1CCCCC1)C1CCCCC(=O)N1Cc1ccccc1. The molecular formula is C20H28N2O2. The molecule has 1 atom stereocenters. The number of hydrogen-bond donors (Lipinski definition) is 1. The van der Waals surface area contributed by atoms with Gasteiger partial charge in [0.2, 0.25) is 11.8 Å². The van der Waals surface area contributed by atoms with E-state index in [2.05, 4.69) is 5.32 Å². The molecule has 1 saturated heterocycles. The number of hydrogen-bond acceptors (Lipinski definition) is 2. The summed E-state index contributed by atoms with van der Waals surface area (Å²) in [4.78, 5) is 27.2. The minimum Gasteiger partial charge on any atom is -0.352 e. The van der Waals surface area contributed by atoms with Crippen LogP contribution in [-0.2, 0) is 16.1 Å². The van der Waals surface area contributed by atoms with Crippen LogP contribution in [0.15, 0.2) is 30.3 Å². The molecule has 4 nitrogen and oxygen atoms in total. The predicted octanol–water partition coefficient (Wildman–Crippen LogP) is 3.41. The molecule has 3 rings (SSSR count). The molecule has 1 aliphatic heterocycles. The van der Waals surface area contributed by atoms with E-state index in [1.807, 2.05) is 30.3 Å². The van der Waals surface area contributed by atoms with Gasteiger partial charge in [0.25, 0.3) is 0 Å². The normalized spacial score (nSPS) is 22.9. The van der Waals surface area contributed by atoms with E-state index in [0.29, 0.717) is 19.0 Å². The summed E-state index contributed by atoms with van der Waals surface area (Å²) >= 11 is 0. The fraction of sp³-hybridized carbons (Fsp3) is 0.600. The Morgan fingerprint density at radius 2 is 1.71 bits per heavy atom. The van der Waals surface area contributed by atoms with Crippen LogP contribution in [0.1, 0.15) is 63.4 Å². The molecule has 2 amide bonds. The molecule has 1 saturated carbocycles. The van der Waals surface area contributed by atoms with Gasteiger partial charge in [-0.1, -0.05) is 56.0 Å². The number of carbonyl (C=O) groups is 2. The maximum absolute atomic E-state index is 12.9. The lowest BCUT2D eigenvalue weighted by Gasteiger charge is -2.32. The standard InChI is InChI=1S/C20H28N2O2/c23-19-14-8-7-13-18(20(24)21-17-11-5-2-6-12-17)22(19)15-16-9-3-1-4-10-16/h1,3-4,9-10,17-18H,2,5-8,11-15H2,(H,21,24). The number of carbonyl (C=O) groups excluding carboxylic acids is 2. The summed E-state index contributed by atoms with van der Waals surface area (Å²) in [6.07, 6.45) is 8.98. The second-order valence-corrected chi connectivity index (χ2v) is 7.11. The third kappa shape index (κ3) is 4.37. The first-order chi connectivity index (χ1) is 11.7. The van der Waals surface area contributed by atoms with Gasteiger partial charge in [0.05, 0.1) is 0 Å². The summed E-state index contributed by atoms with van der Waals surface area (Å²) < 4.78 is 0. The highest BCUT2D eigenvalue weighted by Crippen LogP contribution is 2.22. The molecule has 1 aromatic carbocycles. The minimum absolute atomic E-state index is 0.0491. The lowest BCUT2D eigenvalue weighted by molar-refractivity contribution is -0.140. The first-order valence-electron chi connectivity index (χ1n) is 9.38. The molecule has 1 heterocycles. The zero-order valence-electron chi connectivity index (χ0n) is 14.4. The Labute approximate surface area is 144 Å². The molecule has 2 fully saturated rings. The lowest BCUT2D eigenvalue weighted by atomic mass is 9.95. The lowest BCUT2D eigenvalue weighted by Crippen LogP contribution is -2.51. The number of rotatable bonds is 4. The summed E-state index contributed by atoms with van der Waals surface area (Å²) in [5.74, 6) is 0.160. The van der Waals surface area contributed by atoms with Crippen molar-refractivity contribution in [2.45, 2.75) is 76.4 Å². The number of nitrogens with one attached hydrogen (secondary N) is 1. The van der Waals surface area contributed by atoms with Gasteiger partial charge in [-0.3, -0.25) is 9.59 Å². The van der Waals surface area contributed by atoms with Crippen molar-refractivity contribution >= 4 is 11.8 Å². The van der Waals surface area contributed by atoms with Gasteiger partial charge in [-0.15, -0.1) is 0 Å². The van der Waals surface area contributed by atoms with E-state index in [4.69, 9.17) is 0 Å². The van der Waals surface area contributed by atoms with Gasteiger partial charge in [-0.25, -0.2) is 0 Å². The van der Waals surface area contributed by atoms with Crippen molar-refractivity contribution in [1.29, 1.82) is 0 Å². The predicted molar refractivity (Wildman–Crippen MR) is 94.3 cm³/mol. The van der Waals surface area contributed by atoms with E-state index >= 15 is 0 Å². The highest BCUT2D eigenvalue weighted by Gasteiger charge is 2.32. The average Bonchev–Trinajstić information content (AvgIpc) is 2.79. The summed E-state index contributed by atoms with van der Waals surface area (Å²) in [6, 6.07) is 9.96. The summed E-state index contributed by atoms with van der Waals surface area (Å²) in [5, 5.41) is 3.22. The Kier molecular flexibility index (Phi) is 5.89. The Hall–Kier alpha value is -1.84. The topological polar surface area (TPSA) is 49.4 Å². The van der Waals surface area contributed by atoms with Crippen molar-refractivity contribution in [3.63, 3.8) is 0 Å². The van der Waals surface area contributed by atoms with E-state index in [-0.39, 0.29) is 17.9 Å². The van der Waals surface area contributed by atoms with Crippen LogP contribution in [0.3, 0.4) is 0 Å². The first kappa shape index (κ1) is 17.0. The smallest absolute Gasteiger partial charge is 0.243 e.